The third-order valence-electron chi connectivity index (χ3n) is 5.03. The minimum absolute atomic E-state index is 0. The maximum Gasteiger partial charge on any atom is 0.224 e. The van der Waals surface area contributed by atoms with Crippen molar-refractivity contribution in [3.8, 4) is 0 Å². The Morgan fingerprint density at radius 3 is 2.77 bits per heavy atom. The molecule has 2 heterocycles. The van der Waals surface area contributed by atoms with Gasteiger partial charge in [-0.25, -0.2) is 0 Å². The molecule has 0 spiro atoms. The van der Waals surface area contributed by atoms with Crippen LogP contribution in [0.25, 0.3) is 0 Å². The summed E-state index contributed by atoms with van der Waals surface area (Å²) < 4.78 is 0. The Morgan fingerprint density at radius 1 is 1.31 bits per heavy atom. The number of hydrogen-bond acceptors (Lipinski definition) is 4. The lowest BCUT2D eigenvalue weighted by Gasteiger charge is -2.26. The zero-order valence-corrected chi connectivity index (χ0v) is 17.9. The van der Waals surface area contributed by atoms with Crippen molar-refractivity contribution in [3.63, 3.8) is 0 Å². The summed E-state index contributed by atoms with van der Waals surface area (Å²) in [7, 11) is 0. The highest BCUT2D eigenvalue weighted by molar-refractivity contribution is 7.99. The second-order valence-corrected chi connectivity index (χ2v) is 8.21. The number of carbonyl (C=O) groups excluding carboxylic acids is 1. The monoisotopic (exact) mass is 419 g/mol. The number of nitrogens with one attached hydrogen (secondary N) is 2. The summed E-state index contributed by atoms with van der Waals surface area (Å²) in [6.07, 6.45) is 2.82. The Hall–Kier alpha value is -0.460. The molecule has 1 unspecified atom stereocenters. The van der Waals surface area contributed by atoms with Crippen LogP contribution in [0, 0.1) is 12.8 Å². The van der Waals surface area contributed by atoms with E-state index in [0.717, 1.165) is 50.4 Å². The van der Waals surface area contributed by atoms with E-state index in [2.05, 4.69) is 40.7 Å². The number of nitrogens with zero attached hydrogens (tertiary/aromatic N) is 1. The number of thioether (sulfide) groups is 1. The fourth-order valence-corrected chi connectivity index (χ4v) is 4.41. The average molecular weight is 420 g/mol. The molecule has 0 aliphatic carbocycles. The van der Waals surface area contributed by atoms with Crippen LogP contribution in [-0.2, 0) is 11.3 Å². The fourth-order valence-electron chi connectivity index (χ4n) is 3.43. The second-order valence-electron chi connectivity index (χ2n) is 6.98. The van der Waals surface area contributed by atoms with Gasteiger partial charge in [0.25, 0.3) is 0 Å². The summed E-state index contributed by atoms with van der Waals surface area (Å²) in [5, 5.41) is 6.49. The van der Waals surface area contributed by atoms with Crippen LogP contribution in [-0.4, -0.2) is 48.5 Å². The molecule has 1 amide bonds. The van der Waals surface area contributed by atoms with E-state index >= 15 is 0 Å². The van der Waals surface area contributed by atoms with Crippen molar-refractivity contribution in [2.45, 2.75) is 32.7 Å². The van der Waals surface area contributed by atoms with Gasteiger partial charge in [-0.05, 0) is 56.0 Å². The SMILES string of the molecule is Cc1ccc(CN2CCSCC2)cc1NC(=O)CCC1CCNC1.Cl.Cl. The first-order valence-corrected chi connectivity index (χ1v) is 10.3. The molecule has 3 rings (SSSR count). The zero-order valence-electron chi connectivity index (χ0n) is 15.5. The lowest BCUT2D eigenvalue weighted by molar-refractivity contribution is -0.116. The predicted octanol–water partition coefficient (Wildman–Crippen LogP) is 3.72. The van der Waals surface area contributed by atoms with E-state index < -0.39 is 0 Å². The highest BCUT2D eigenvalue weighted by Crippen LogP contribution is 2.21. The molecule has 4 nitrogen and oxygen atoms in total. The van der Waals surface area contributed by atoms with Crippen molar-refractivity contribution in [1.29, 1.82) is 0 Å². The van der Waals surface area contributed by atoms with Gasteiger partial charge in [-0.1, -0.05) is 12.1 Å². The first-order chi connectivity index (χ1) is 11.7. The molecule has 2 aliphatic heterocycles. The van der Waals surface area contributed by atoms with E-state index in [-0.39, 0.29) is 30.7 Å². The molecule has 1 atom stereocenters. The summed E-state index contributed by atoms with van der Waals surface area (Å²) in [5.74, 6) is 3.27. The van der Waals surface area contributed by atoms with E-state index in [1.54, 1.807) is 0 Å². The minimum atomic E-state index is 0. The Labute approximate surface area is 174 Å². The molecule has 2 aliphatic rings. The topological polar surface area (TPSA) is 44.4 Å². The van der Waals surface area contributed by atoms with Gasteiger partial charge in [0, 0.05) is 43.2 Å². The lowest BCUT2D eigenvalue weighted by atomic mass is 10.0. The van der Waals surface area contributed by atoms with E-state index in [9.17, 15) is 4.79 Å². The Bertz CT molecular complexity index is 562. The minimum Gasteiger partial charge on any atom is -0.326 e. The van der Waals surface area contributed by atoms with Crippen LogP contribution in [0.5, 0.6) is 0 Å². The van der Waals surface area contributed by atoms with Crippen LogP contribution in [0.4, 0.5) is 5.69 Å². The molecule has 148 valence electrons. The first kappa shape index (κ1) is 23.6. The molecule has 0 bridgehead atoms. The van der Waals surface area contributed by atoms with Crippen molar-refractivity contribution in [2.24, 2.45) is 5.92 Å². The summed E-state index contributed by atoms with van der Waals surface area (Å²) in [5.41, 5.74) is 3.42. The van der Waals surface area contributed by atoms with Crippen LogP contribution in [0.3, 0.4) is 0 Å². The molecule has 26 heavy (non-hydrogen) atoms. The molecule has 1 aromatic rings. The van der Waals surface area contributed by atoms with Crippen LogP contribution in [0.1, 0.15) is 30.4 Å². The quantitative estimate of drug-likeness (QED) is 0.737. The van der Waals surface area contributed by atoms with Gasteiger partial charge in [0.2, 0.25) is 5.91 Å². The predicted molar refractivity (Wildman–Crippen MR) is 117 cm³/mol. The Kier molecular flexibility index (Phi) is 11.0. The van der Waals surface area contributed by atoms with Gasteiger partial charge in [-0.3, -0.25) is 9.69 Å². The second kappa shape index (κ2) is 12.1. The van der Waals surface area contributed by atoms with Crippen molar-refractivity contribution < 1.29 is 4.79 Å². The summed E-state index contributed by atoms with van der Waals surface area (Å²) in [6, 6.07) is 6.48. The van der Waals surface area contributed by atoms with Crippen LogP contribution in [0.15, 0.2) is 18.2 Å². The Balaban J connectivity index is 0.00000169. The fraction of sp³-hybridized carbons (Fsp3) is 0.632. The zero-order chi connectivity index (χ0) is 16.8. The number of anilines is 1. The third kappa shape index (κ3) is 7.28. The van der Waals surface area contributed by atoms with E-state index in [1.165, 1.54) is 23.5 Å². The van der Waals surface area contributed by atoms with E-state index in [0.29, 0.717) is 12.3 Å². The van der Waals surface area contributed by atoms with Gasteiger partial charge >= 0.3 is 0 Å². The van der Waals surface area contributed by atoms with Gasteiger partial charge in [-0.2, -0.15) is 11.8 Å². The number of carbonyl (C=O) groups is 1. The van der Waals surface area contributed by atoms with E-state index in [1.807, 2.05) is 11.8 Å². The maximum atomic E-state index is 12.3. The van der Waals surface area contributed by atoms with Crippen molar-refractivity contribution in [3.05, 3.63) is 29.3 Å². The molecule has 0 saturated carbocycles. The molecule has 2 fully saturated rings. The average Bonchev–Trinajstić information content (AvgIpc) is 3.11. The van der Waals surface area contributed by atoms with Crippen molar-refractivity contribution in [1.82, 2.24) is 10.2 Å². The number of benzene rings is 1. The van der Waals surface area contributed by atoms with Crippen LogP contribution in [0.2, 0.25) is 0 Å². The largest absolute Gasteiger partial charge is 0.326 e. The van der Waals surface area contributed by atoms with Crippen LogP contribution < -0.4 is 10.6 Å². The molecule has 0 radical (unpaired) electrons. The van der Waals surface area contributed by atoms with Crippen molar-refractivity contribution >= 4 is 48.2 Å². The highest BCUT2D eigenvalue weighted by atomic mass is 35.5. The number of aryl methyl sites for hydroxylation is 1. The molecular weight excluding hydrogens is 389 g/mol. The number of amides is 1. The molecule has 2 saturated heterocycles. The van der Waals surface area contributed by atoms with Gasteiger partial charge in [0.05, 0.1) is 0 Å². The molecule has 0 aromatic heterocycles. The van der Waals surface area contributed by atoms with Crippen molar-refractivity contribution in [2.75, 3.05) is 43.0 Å². The molecule has 1 aromatic carbocycles. The highest BCUT2D eigenvalue weighted by Gasteiger charge is 2.16. The number of rotatable bonds is 6. The standard InChI is InChI=1S/C19H29N3OS.2ClH/c1-15-2-3-17(14-22-8-10-24-11-9-22)12-18(15)21-19(23)5-4-16-6-7-20-13-16;;/h2-3,12,16,20H,4-11,13-14H2,1H3,(H,21,23);2*1H. The smallest absolute Gasteiger partial charge is 0.224 e. The van der Waals surface area contributed by atoms with Gasteiger partial charge in [0.15, 0.2) is 0 Å². The number of halogens is 2. The maximum absolute atomic E-state index is 12.3. The van der Waals surface area contributed by atoms with E-state index in [4.69, 9.17) is 0 Å². The molecular formula is C19H31Cl2N3OS. The molecule has 2 N–H and O–H groups in total. The summed E-state index contributed by atoms with van der Waals surface area (Å²) in [4.78, 5) is 14.8. The number of hydrogen-bond donors (Lipinski definition) is 2. The van der Waals surface area contributed by atoms with Crippen LogP contribution >= 0.6 is 36.6 Å². The van der Waals surface area contributed by atoms with Gasteiger partial charge in [0.1, 0.15) is 0 Å². The lowest BCUT2D eigenvalue weighted by Crippen LogP contribution is -2.32. The Morgan fingerprint density at radius 2 is 2.08 bits per heavy atom. The summed E-state index contributed by atoms with van der Waals surface area (Å²) in [6.45, 7) is 7.54. The third-order valence-corrected chi connectivity index (χ3v) is 5.97. The van der Waals surface area contributed by atoms with Gasteiger partial charge < -0.3 is 10.6 Å². The van der Waals surface area contributed by atoms with Gasteiger partial charge in [-0.15, -0.1) is 24.8 Å². The normalized spacial score (nSPS) is 20.1. The summed E-state index contributed by atoms with van der Waals surface area (Å²) >= 11 is 2.04. The first-order valence-electron chi connectivity index (χ1n) is 9.11. The molecule has 7 heteroatoms.